The van der Waals surface area contributed by atoms with Gasteiger partial charge in [0.1, 0.15) is 29.4 Å². The quantitative estimate of drug-likeness (QED) is 0.192. The number of urea groups is 1. The molecule has 5 heterocycles. The van der Waals surface area contributed by atoms with E-state index in [1.165, 1.54) is 0 Å². The van der Waals surface area contributed by atoms with Gasteiger partial charge >= 0.3 is 6.03 Å². The van der Waals surface area contributed by atoms with Crippen LogP contribution in [0.15, 0.2) is 61.1 Å². The highest BCUT2D eigenvalue weighted by atomic mass is 35.5. The third-order valence-electron chi connectivity index (χ3n) is 12.8. The van der Waals surface area contributed by atoms with Crippen LogP contribution in [0, 0.1) is 28.1 Å². The summed E-state index contributed by atoms with van der Waals surface area (Å²) in [5, 5.41) is 16.2. The average Bonchev–Trinajstić information content (AvgIpc) is 3.64. The maximum Gasteiger partial charge on any atom is 0.328 e. The maximum absolute atomic E-state index is 13.4. The third kappa shape index (κ3) is 7.41. The first kappa shape index (κ1) is 38.7. The Morgan fingerprint density at radius 1 is 0.982 bits per heavy atom. The molecule has 13 nitrogen and oxygen atoms in total. The van der Waals surface area contributed by atoms with E-state index < -0.39 is 0 Å². The summed E-state index contributed by atoms with van der Waals surface area (Å²) in [6.45, 7) is 13.7. The molecule has 14 heteroatoms. The van der Waals surface area contributed by atoms with Gasteiger partial charge in [0.15, 0.2) is 0 Å². The van der Waals surface area contributed by atoms with Crippen molar-refractivity contribution in [1.29, 1.82) is 5.26 Å². The summed E-state index contributed by atoms with van der Waals surface area (Å²) in [7, 11) is 0. The number of nitrogens with zero attached hydrogens (tertiary/aromatic N) is 7. The number of carbonyl (C=O) groups is 3. The Morgan fingerprint density at radius 3 is 2.40 bits per heavy atom. The summed E-state index contributed by atoms with van der Waals surface area (Å²) in [6.07, 6.45) is 9.84. The van der Waals surface area contributed by atoms with E-state index in [0.29, 0.717) is 41.3 Å². The van der Waals surface area contributed by atoms with Crippen LogP contribution >= 0.6 is 11.6 Å². The van der Waals surface area contributed by atoms with E-state index in [-0.39, 0.29) is 46.5 Å². The van der Waals surface area contributed by atoms with Crippen LogP contribution in [0.25, 0.3) is 10.9 Å². The van der Waals surface area contributed by atoms with Crippen molar-refractivity contribution in [1.82, 2.24) is 30.1 Å². The summed E-state index contributed by atoms with van der Waals surface area (Å²) in [5.41, 5.74) is 1.89. The molecule has 0 atom stereocenters. The predicted molar refractivity (Wildman–Crippen MR) is 219 cm³/mol. The average molecular weight is 792 g/mol. The Kier molecular flexibility index (Phi) is 10.4. The summed E-state index contributed by atoms with van der Waals surface area (Å²) in [5.74, 6) is 1.51. The minimum atomic E-state index is -0.380. The fraction of sp³-hybridized carbons (Fsp3) is 0.488. The largest absolute Gasteiger partial charge is 0.489 e. The number of halogens is 1. The van der Waals surface area contributed by atoms with E-state index in [9.17, 15) is 19.6 Å². The van der Waals surface area contributed by atoms with Gasteiger partial charge in [0, 0.05) is 86.3 Å². The lowest BCUT2D eigenvalue weighted by atomic mass is 9.49. The lowest BCUT2D eigenvalue weighted by molar-refractivity contribution is -0.164. The first-order valence-corrected chi connectivity index (χ1v) is 20.4. The third-order valence-corrected chi connectivity index (χ3v) is 13.1. The van der Waals surface area contributed by atoms with Crippen molar-refractivity contribution in [2.75, 3.05) is 49.1 Å². The highest BCUT2D eigenvalue weighted by molar-refractivity contribution is 6.31. The smallest absolute Gasteiger partial charge is 0.328 e. The monoisotopic (exact) mass is 791 g/mol. The van der Waals surface area contributed by atoms with Gasteiger partial charge in [-0.1, -0.05) is 45.4 Å². The Labute approximate surface area is 338 Å². The zero-order valence-corrected chi connectivity index (χ0v) is 33.8. The number of imide groups is 1. The van der Waals surface area contributed by atoms with E-state index in [1.54, 1.807) is 35.5 Å². The molecule has 4 aliphatic rings. The number of fused-ring (bicyclic) bond motifs is 1. The molecule has 2 aromatic carbocycles. The summed E-state index contributed by atoms with van der Waals surface area (Å²) in [6, 6.07) is 15.2. The van der Waals surface area contributed by atoms with Crippen molar-refractivity contribution in [3.05, 3.63) is 77.3 Å². The number of likely N-dealkylation sites (tertiary alicyclic amines) is 1. The van der Waals surface area contributed by atoms with Gasteiger partial charge in [-0.05, 0) is 61.9 Å². The number of hydrogen-bond donors (Lipinski definition) is 2. The maximum atomic E-state index is 13.4. The number of hydrogen-bond acceptors (Lipinski definition) is 9. The molecule has 2 aromatic heterocycles. The molecule has 57 heavy (non-hydrogen) atoms. The van der Waals surface area contributed by atoms with Gasteiger partial charge in [-0.15, -0.1) is 0 Å². The van der Waals surface area contributed by atoms with Crippen molar-refractivity contribution >= 4 is 51.9 Å². The van der Waals surface area contributed by atoms with Crippen LogP contribution in [0.1, 0.15) is 81.9 Å². The lowest BCUT2D eigenvalue weighted by Gasteiger charge is -2.63. The van der Waals surface area contributed by atoms with Crippen LogP contribution in [0.5, 0.6) is 5.75 Å². The standard InChI is InChI=1S/C43H50ClN9O4/c1-42(2)39(43(3,4)40(42)57-30-9-8-28(23-45)32(44)22-30)49-38(55)33-24-47-36(25-46-33)51-18-10-27(11-19-51)26-50-16-12-29(13-17-50)52-20-14-31-34(52)6-5-7-35(31)53-21-15-37(54)48-41(53)56/h5-9,14,20,22,24-25,27,29,39-40H,10-13,15-19,21,26H2,1-4H3,(H,49,55)(H,48,54,56). The molecule has 2 N–H and O–H groups in total. The number of benzene rings is 2. The normalized spacial score (nSPS) is 22.8. The number of aromatic nitrogens is 3. The molecule has 3 saturated heterocycles. The topological polar surface area (TPSA) is 149 Å². The van der Waals surface area contributed by atoms with E-state index >= 15 is 0 Å². The second kappa shape index (κ2) is 15.3. The summed E-state index contributed by atoms with van der Waals surface area (Å²) in [4.78, 5) is 53.4. The van der Waals surface area contributed by atoms with Crippen LogP contribution in [0.2, 0.25) is 5.02 Å². The van der Waals surface area contributed by atoms with Gasteiger partial charge in [0.05, 0.1) is 34.2 Å². The van der Waals surface area contributed by atoms with Crippen molar-refractivity contribution in [3.63, 3.8) is 0 Å². The second-order valence-electron chi connectivity index (χ2n) is 17.2. The number of nitriles is 1. The van der Waals surface area contributed by atoms with Crippen molar-refractivity contribution < 1.29 is 19.1 Å². The van der Waals surface area contributed by atoms with E-state index in [2.05, 4.69) is 87.1 Å². The number of piperidine rings is 2. The first-order valence-electron chi connectivity index (χ1n) is 20.0. The van der Waals surface area contributed by atoms with Crippen molar-refractivity contribution in [2.45, 2.75) is 78.0 Å². The van der Waals surface area contributed by atoms with E-state index in [1.807, 2.05) is 12.1 Å². The molecule has 4 aromatic rings. The molecular formula is C43H50ClN9O4. The summed E-state index contributed by atoms with van der Waals surface area (Å²) >= 11 is 6.25. The molecule has 0 unspecified atom stereocenters. The number of rotatable bonds is 9. The number of anilines is 2. The Balaban J connectivity index is 0.800. The van der Waals surface area contributed by atoms with Gasteiger partial charge in [-0.3, -0.25) is 19.8 Å². The fourth-order valence-electron chi connectivity index (χ4n) is 10.0. The van der Waals surface area contributed by atoms with Gasteiger partial charge in [0.2, 0.25) is 5.91 Å². The molecule has 0 bridgehead atoms. The van der Waals surface area contributed by atoms with Crippen LogP contribution < -0.4 is 25.2 Å². The zero-order chi connectivity index (χ0) is 40.1. The van der Waals surface area contributed by atoms with Gasteiger partial charge in [-0.2, -0.15) is 5.26 Å². The molecule has 0 spiro atoms. The molecular weight excluding hydrogens is 742 g/mol. The molecule has 1 aliphatic carbocycles. The molecule has 3 aliphatic heterocycles. The molecule has 298 valence electrons. The number of carbonyl (C=O) groups excluding carboxylic acids is 3. The van der Waals surface area contributed by atoms with Crippen molar-refractivity contribution in [3.8, 4) is 11.8 Å². The minimum Gasteiger partial charge on any atom is -0.489 e. The number of nitrogens with one attached hydrogen (secondary N) is 2. The zero-order valence-electron chi connectivity index (χ0n) is 33.0. The molecule has 8 rings (SSSR count). The fourth-order valence-corrected chi connectivity index (χ4v) is 10.2. The number of ether oxygens (including phenoxy) is 1. The highest BCUT2D eigenvalue weighted by Crippen LogP contribution is 2.55. The van der Waals surface area contributed by atoms with E-state index in [4.69, 9.17) is 16.3 Å². The van der Waals surface area contributed by atoms with E-state index in [0.717, 1.165) is 80.8 Å². The number of amides is 4. The van der Waals surface area contributed by atoms with Gasteiger partial charge < -0.3 is 24.4 Å². The Morgan fingerprint density at radius 2 is 1.74 bits per heavy atom. The van der Waals surface area contributed by atoms with Crippen LogP contribution in [-0.2, 0) is 4.79 Å². The molecule has 4 fully saturated rings. The molecule has 4 amide bonds. The lowest BCUT2D eigenvalue weighted by Crippen LogP contribution is -2.74. The molecule has 0 radical (unpaired) electrons. The van der Waals surface area contributed by atoms with Crippen LogP contribution in [0.4, 0.5) is 16.3 Å². The Bertz CT molecular complexity index is 2200. The van der Waals surface area contributed by atoms with Crippen LogP contribution in [0.3, 0.4) is 0 Å². The predicted octanol–water partition coefficient (Wildman–Crippen LogP) is 6.57. The summed E-state index contributed by atoms with van der Waals surface area (Å²) < 4.78 is 8.74. The van der Waals surface area contributed by atoms with Gasteiger partial charge in [0.25, 0.3) is 5.91 Å². The second-order valence-corrected chi connectivity index (χ2v) is 17.6. The SMILES string of the molecule is CC1(C)C(NC(=O)c2cnc(N3CCC(CN4CCC(n5ccc6c(N7CCC(=O)NC7=O)cccc65)CC4)CC3)cn2)C(C)(C)C1Oc1ccc(C#N)c(Cl)c1. The highest BCUT2D eigenvalue weighted by Gasteiger charge is 2.64. The van der Waals surface area contributed by atoms with Crippen LogP contribution in [-0.4, -0.2) is 88.7 Å². The molecule has 1 saturated carbocycles. The first-order chi connectivity index (χ1) is 27.3. The van der Waals surface area contributed by atoms with Crippen molar-refractivity contribution in [2.24, 2.45) is 16.7 Å². The minimum absolute atomic E-state index is 0.171. The van der Waals surface area contributed by atoms with Gasteiger partial charge in [-0.25, -0.2) is 14.8 Å². The Hall–Kier alpha value is -5.19.